The van der Waals surface area contributed by atoms with Crippen molar-refractivity contribution in [3.63, 3.8) is 0 Å². The van der Waals surface area contributed by atoms with Gasteiger partial charge in [0.05, 0.1) is 6.61 Å². The standard InChI is InChI=1S/C14H20N2O2/c1-14(2,15)9-18-12-8-7-10-5-3-4-6-11(10)16-13(12)17/h3-6,12H,7-9,15H2,1-2H3,(H,16,17). The Labute approximate surface area is 108 Å². The molecule has 0 saturated carbocycles. The molecule has 0 spiro atoms. The van der Waals surface area contributed by atoms with Gasteiger partial charge in [-0.05, 0) is 38.3 Å². The molecule has 1 unspecified atom stereocenters. The van der Waals surface area contributed by atoms with E-state index in [-0.39, 0.29) is 5.91 Å². The van der Waals surface area contributed by atoms with E-state index in [0.29, 0.717) is 13.0 Å². The Kier molecular flexibility index (Phi) is 3.68. The van der Waals surface area contributed by atoms with E-state index in [0.717, 1.165) is 17.7 Å². The van der Waals surface area contributed by atoms with E-state index in [2.05, 4.69) is 5.32 Å². The molecule has 1 heterocycles. The zero-order valence-corrected chi connectivity index (χ0v) is 10.9. The molecule has 1 amide bonds. The highest BCUT2D eigenvalue weighted by atomic mass is 16.5. The minimum absolute atomic E-state index is 0.0794. The highest BCUT2D eigenvalue weighted by molar-refractivity contribution is 5.95. The van der Waals surface area contributed by atoms with Crippen LogP contribution < -0.4 is 11.1 Å². The maximum absolute atomic E-state index is 12.0. The summed E-state index contributed by atoms with van der Waals surface area (Å²) in [5, 5.41) is 2.90. The topological polar surface area (TPSA) is 64.3 Å². The van der Waals surface area contributed by atoms with Gasteiger partial charge in [0.1, 0.15) is 6.10 Å². The number of hydrogen-bond acceptors (Lipinski definition) is 3. The molecule has 1 aliphatic heterocycles. The summed E-state index contributed by atoms with van der Waals surface area (Å²) < 4.78 is 5.63. The molecular weight excluding hydrogens is 228 g/mol. The number of nitrogens with one attached hydrogen (secondary N) is 1. The maximum atomic E-state index is 12.0. The second-order valence-electron chi connectivity index (χ2n) is 5.47. The second kappa shape index (κ2) is 5.08. The summed E-state index contributed by atoms with van der Waals surface area (Å²) in [6, 6.07) is 7.85. The van der Waals surface area contributed by atoms with Crippen molar-refractivity contribution in [2.24, 2.45) is 5.73 Å². The average Bonchev–Trinajstić information content (AvgIpc) is 2.44. The molecule has 0 aromatic heterocycles. The van der Waals surface area contributed by atoms with Crippen LogP contribution in [0.5, 0.6) is 0 Å². The number of fused-ring (bicyclic) bond motifs is 1. The Hall–Kier alpha value is -1.39. The number of para-hydroxylation sites is 1. The van der Waals surface area contributed by atoms with Gasteiger partial charge in [0.25, 0.3) is 5.91 Å². The molecule has 1 atom stereocenters. The quantitative estimate of drug-likeness (QED) is 0.855. The van der Waals surface area contributed by atoms with Crippen LogP contribution in [0.1, 0.15) is 25.8 Å². The fourth-order valence-electron chi connectivity index (χ4n) is 1.97. The molecule has 1 aromatic carbocycles. The molecule has 0 fully saturated rings. The predicted octanol–water partition coefficient (Wildman–Crippen LogP) is 1.69. The van der Waals surface area contributed by atoms with Crippen LogP contribution in [0.15, 0.2) is 24.3 Å². The molecule has 3 N–H and O–H groups in total. The number of nitrogens with two attached hydrogens (primary N) is 1. The van der Waals surface area contributed by atoms with E-state index in [1.165, 1.54) is 0 Å². The lowest BCUT2D eigenvalue weighted by atomic mass is 10.1. The highest BCUT2D eigenvalue weighted by Gasteiger charge is 2.25. The minimum Gasteiger partial charge on any atom is -0.366 e. The molecule has 0 radical (unpaired) electrons. The molecule has 98 valence electrons. The summed E-state index contributed by atoms with van der Waals surface area (Å²) >= 11 is 0. The summed E-state index contributed by atoms with van der Waals surface area (Å²) in [6.45, 7) is 4.15. The van der Waals surface area contributed by atoms with Crippen molar-refractivity contribution in [2.45, 2.75) is 38.3 Å². The van der Waals surface area contributed by atoms with Crippen molar-refractivity contribution < 1.29 is 9.53 Å². The molecule has 0 aliphatic carbocycles. The number of hydrogen-bond donors (Lipinski definition) is 2. The molecule has 0 bridgehead atoms. The number of ether oxygens (including phenoxy) is 1. The van der Waals surface area contributed by atoms with Crippen molar-refractivity contribution in [1.82, 2.24) is 0 Å². The van der Waals surface area contributed by atoms with Gasteiger partial charge < -0.3 is 15.8 Å². The third kappa shape index (κ3) is 3.31. The zero-order chi connectivity index (χ0) is 13.2. The van der Waals surface area contributed by atoms with E-state index in [1.54, 1.807) is 0 Å². The minimum atomic E-state index is -0.417. The van der Waals surface area contributed by atoms with Crippen molar-refractivity contribution in [2.75, 3.05) is 11.9 Å². The lowest BCUT2D eigenvalue weighted by molar-refractivity contribution is -0.128. The summed E-state index contributed by atoms with van der Waals surface area (Å²) in [5.41, 5.74) is 7.49. The summed E-state index contributed by atoms with van der Waals surface area (Å²) in [4.78, 5) is 12.0. The lowest BCUT2D eigenvalue weighted by Crippen LogP contribution is -2.41. The number of carbonyl (C=O) groups excluding carboxylic acids is 1. The Bertz CT molecular complexity index is 438. The molecule has 1 aromatic rings. The van der Waals surface area contributed by atoms with Crippen molar-refractivity contribution >= 4 is 11.6 Å². The molecule has 0 saturated heterocycles. The monoisotopic (exact) mass is 248 g/mol. The fourth-order valence-corrected chi connectivity index (χ4v) is 1.97. The van der Waals surface area contributed by atoms with Crippen LogP contribution in [-0.2, 0) is 16.0 Å². The van der Waals surface area contributed by atoms with E-state index < -0.39 is 11.6 Å². The largest absolute Gasteiger partial charge is 0.366 e. The summed E-state index contributed by atoms with van der Waals surface area (Å²) in [7, 11) is 0. The van der Waals surface area contributed by atoms with Gasteiger partial charge in [-0.3, -0.25) is 4.79 Å². The molecule has 18 heavy (non-hydrogen) atoms. The fraction of sp³-hybridized carbons (Fsp3) is 0.500. The average molecular weight is 248 g/mol. The third-order valence-electron chi connectivity index (χ3n) is 2.90. The van der Waals surface area contributed by atoms with E-state index in [1.807, 2.05) is 38.1 Å². The normalized spacial score (nSPS) is 19.9. The van der Waals surface area contributed by atoms with Crippen LogP contribution >= 0.6 is 0 Å². The number of anilines is 1. The number of benzene rings is 1. The number of amides is 1. The molecular formula is C14H20N2O2. The van der Waals surface area contributed by atoms with Crippen LogP contribution in [0, 0.1) is 0 Å². The van der Waals surface area contributed by atoms with Gasteiger partial charge in [-0.25, -0.2) is 0 Å². The molecule has 4 heteroatoms. The van der Waals surface area contributed by atoms with Gasteiger partial charge in [-0.15, -0.1) is 0 Å². The first kappa shape index (κ1) is 13.1. The number of carbonyl (C=O) groups is 1. The summed E-state index contributed by atoms with van der Waals surface area (Å²) in [5.74, 6) is -0.0794. The first-order valence-corrected chi connectivity index (χ1v) is 6.25. The zero-order valence-electron chi connectivity index (χ0n) is 10.9. The van der Waals surface area contributed by atoms with Gasteiger partial charge in [0.15, 0.2) is 0 Å². The SMILES string of the molecule is CC(C)(N)COC1CCc2ccccc2NC1=O. The first-order valence-electron chi connectivity index (χ1n) is 6.25. The van der Waals surface area contributed by atoms with E-state index in [9.17, 15) is 4.79 Å². The van der Waals surface area contributed by atoms with Gasteiger partial charge in [-0.2, -0.15) is 0 Å². The van der Waals surface area contributed by atoms with Crippen LogP contribution in [0.2, 0.25) is 0 Å². The maximum Gasteiger partial charge on any atom is 0.253 e. The predicted molar refractivity (Wildman–Crippen MR) is 71.4 cm³/mol. The van der Waals surface area contributed by atoms with Crippen molar-refractivity contribution in [3.8, 4) is 0 Å². The molecule has 4 nitrogen and oxygen atoms in total. The van der Waals surface area contributed by atoms with Crippen LogP contribution in [-0.4, -0.2) is 24.2 Å². The van der Waals surface area contributed by atoms with Gasteiger partial charge >= 0.3 is 0 Å². The summed E-state index contributed by atoms with van der Waals surface area (Å²) in [6.07, 6.45) is 1.11. The number of aryl methyl sites for hydroxylation is 1. The Morgan fingerprint density at radius 1 is 1.44 bits per heavy atom. The lowest BCUT2D eigenvalue weighted by Gasteiger charge is -2.22. The van der Waals surface area contributed by atoms with Crippen molar-refractivity contribution in [1.29, 1.82) is 0 Å². The van der Waals surface area contributed by atoms with Crippen LogP contribution in [0.25, 0.3) is 0 Å². The Balaban J connectivity index is 2.03. The second-order valence-corrected chi connectivity index (χ2v) is 5.47. The van der Waals surface area contributed by atoms with E-state index >= 15 is 0 Å². The van der Waals surface area contributed by atoms with Gasteiger partial charge in [0.2, 0.25) is 0 Å². The molecule has 2 rings (SSSR count). The number of rotatable bonds is 3. The van der Waals surface area contributed by atoms with Crippen LogP contribution in [0.4, 0.5) is 5.69 Å². The smallest absolute Gasteiger partial charge is 0.253 e. The van der Waals surface area contributed by atoms with Crippen molar-refractivity contribution in [3.05, 3.63) is 29.8 Å². The van der Waals surface area contributed by atoms with E-state index in [4.69, 9.17) is 10.5 Å². The van der Waals surface area contributed by atoms with Gasteiger partial charge in [-0.1, -0.05) is 18.2 Å². The molecule has 1 aliphatic rings. The Morgan fingerprint density at radius 3 is 2.89 bits per heavy atom. The van der Waals surface area contributed by atoms with Crippen LogP contribution in [0.3, 0.4) is 0 Å². The Morgan fingerprint density at radius 2 is 2.17 bits per heavy atom. The highest BCUT2D eigenvalue weighted by Crippen LogP contribution is 2.22. The first-order chi connectivity index (χ1) is 8.46. The van der Waals surface area contributed by atoms with Gasteiger partial charge in [0, 0.05) is 11.2 Å². The third-order valence-corrected chi connectivity index (χ3v) is 2.90.